The summed E-state index contributed by atoms with van der Waals surface area (Å²) in [4.78, 5) is 41.2. The summed E-state index contributed by atoms with van der Waals surface area (Å²) in [6, 6.07) is 22.2. The normalized spacial score (nSPS) is 14.0. The van der Waals surface area contributed by atoms with E-state index in [4.69, 9.17) is 0 Å². The third kappa shape index (κ3) is 4.51. The molecule has 3 aromatic rings. The van der Waals surface area contributed by atoms with Crippen LogP contribution in [-0.4, -0.2) is 24.8 Å². The molecule has 0 spiro atoms. The zero-order chi connectivity index (χ0) is 23.6. The second-order valence-corrected chi connectivity index (χ2v) is 8.65. The van der Waals surface area contributed by atoms with Crippen LogP contribution in [0.3, 0.4) is 0 Å². The highest BCUT2D eigenvalue weighted by molar-refractivity contribution is 6.13. The number of fused-ring (bicyclic) bond motifs is 1. The first kappa shape index (κ1) is 22.3. The number of rotatable bonds is 6. The van der Waals surface area contributed by atoms with Gasteiger partial charge in [-0.2, -0.15) is 0 Å². The molecule has 6 nitrogen and oxygen atoms in total. The first-order valence-electron chi connectivity index (χ1n) is 10.9. The molecule has 0 aromatic heterocycles. The molecule has 4 rings (SSSR count). The van der Waals surface area contributed by atoms with Crippen LogP contribution in [0, 0.1) is 13.8 Å². The SMILES string of the molecule is Cc1ccc(NC(=O)CC2(CC(=O)Nc3ccc(C)cc3)C(=O)N(C)c3ccccc32)cc1. The molecule has 33 heavy (non-hydrogen) atoms. The van der Waals surface area contributed by atoms with Crippen molar-refractivity contribution in [2.24, 2.45) is 0 Å². The minimum absolute atomic E-state index is 0.137. The Hall–Kier alpha value is -3.93. The van der Waals surface area contributed by atoms with Crippen LogP contribution in [0.2, 0.25) is 0 Å². The van der Waals surface area contributed by atoms with Crippen LogP contribution < -0.4 is 15.5 Å². The van der Waals surface area contributed by atoms with E-state index in [1.54, 1.807) is 7.05 Å². The lowest BCUT2D eigenvalue weighted by atomic mass is 9.75. The number of nitrogens with zero attached hydrogens (tertiary/aromatic N) is 1. The van der Waals surface area contributed by atoms with Crippen LogP contribution in [0.5, 0.6) is 0 Å². The number of aryl methyl sites for hydroxylation is 2. The topological polar surface area (TPSA) is 78.5 Å². The molecule has 0 bridgehead atoms. The highest BCUT2D eigenvalue weighted by atomic mass is 16.2. The Balaban J connectivity index is 1.63. The molecular weight excluding hydrogens is 414 g/mol. The molecule has 3 amide bonds. The van der Waals surface area contributed by atoms with E-state index in [1.165, 1.54) is 4.90 Å². The van der Waals surface area contributed by atoms with Gasteiger partial charge in [-0.05, 0) is 49.7 Å². The average Bonchev–Trinajstić information content (AvgIpc) is 2.99. The van der Waals surface area contributed by atoms with E-state index in [0.717, 1.165) is 11.1 Å². The molecule has 1 aliphatic heterocycles. The number of benzene rings is 3. The van der Waals surface area contributed by atoms with Gasteiger partial charge in [0, 0.05) is 37.0 Å². The van der Waals surface area contributed by atoms with Gasteiger partial charge < -0.3 is 15.5 Å². The van der Waals surface area contributed by atoms with Crippen molar-refractivity contribution in [3.63, 3.8) is 0 Å². The number of carbonyl (C=O) groups is 3. The van der Waals surface area contributed by atoms with E-state index in [1.807, 2.05) is 86.6 Å². The number of hydrogen-bond donors (Lipinski definition) is 2. The van der Waals surface area contributed by atoms with Crippen molar-refractivity contribution in [3.05, 3.63) is 89.5 Å². The average molecular weight is 442 g/mol. The smallest absolute Gasteiger partial charge is 0.238 e. The summed E-state index contributed by atoms with van der Waals surface area (Å²) >= 11 is 0. The Morgan fingerprint density at radius 3 is 1.70 bits per heavy atom. The molecule has 168 valence electrons. The van der Waals surface area contributed by atoms with Crippen molar-refractivity contribution in [2.75, 3.05) is 22.6 Å². The number of anilines is 3. The second kappa shape index (κ2) is 8.90. The predicted octanol–water partition coefficient (Wildman–Crippen LogP) is 4.58. The summed E-state index contributed by atoms with van der Waals surface area (Å²) in [5.74, 6) is -0.900. The molecule has 0 saturated heterocycles. The molecule has 0 unspecified atom stereocenters. The van der Waals surface area contributed by atoms with Crippen LogP contribution in [-0.2, 0) is 19.8 Å². The molecular formula is C27H27N3O3. The van der Waals surface area contributed by atoms with Gasteiger partial charge in [0.05, 0.1) is 5.41 Å². The molecule has 0 atom stereocenters. The van der Waals surface area contributed by atoms with Crippen molar-refractivity contribution in [3.8, 4) is 0 Å². The van der Waals surface area contributed by atoms with E-state index in [-0.39, 0.29) is 30.6 Å². The maximum absolute atomic E-state index is 13.5. The van der Waals surface area contributed by atoms with Gasteiger partial charge in [-0.3, -0.25) is 14.4 Å². The highest BCUT2D eigenvalue weighted by Crippen LogP contribution is 2.46. The number of nitrogens with one attached hydrogen (secondary N) is 2. The Morgan fingerprint density at radius 2 is 1.21 bits per heavy atom. The zero-order valence-electron chi connectivity index (χ0n) is 19.0. The van der Waals surface area contributed by atoms with Crippen LogP contribution >= 0.6 is 0 Å². The third-order valence-electron chi connectivity index (χ3n) is 6.09. The molecule has 0 fully saturated rings. The summed E-state index contributed by atoms with van der Waals surface area (Å²) in [6.07, 6.45) is -0.273. The van der Waals surface area contributed by atoms with Gasteiger partial charge >= 0.3 is 0 Å². The summed E-state index contributed by atoms with van der Waals surface area (Å²) < 4.78 is 0. The quantitative estimate of drug-likeness (QED) is 0.588. The van der Waals surface area contributed by atoms with E-state index in [2.05, 4.69) is 10.6 Å². The Labute approximate surface area is 193 Å². The predicted molar refractivity (Wildman–Crippen MR) is 130 cm³/mol. The fourth-order valence-corrected chi connectivity index (χ4v) is 4.35. The minimum Gasteiger partial charge on any atom is -0.326 e. The van der Waals surface area contributed by atoms with Crippen molar-refractivity contribution in [1.29, 1.82) is 0 Å². The van der Waals surface area contributed by atoms with Gasteiger partial charge in [-0.1, -0.05) is 53.6 Å². The van der Waals surface area contributed by atoms with Gasteiger partial charge in [0.2, 0.25) is 17.7 Å². The van der Waals surface area contributed by atoms with Gasteiger partial charge in [0.15, 0.2) is 0 Å². The first-order valence-corrected chi connectivity index (χ1v) is 10.9. The number of amides is 3. The van der Waals surface area contributed by atoms with E-state index < -0.39 is 5.41 Å². The lowest BCUT2D eigenvalue weighted by molar-refractivity contribution is -0.130. The maximum atomic E-state index is 13.5. The summed E-state index contributed by atoms with van der Waals surface area (Å²) in [5, 5.41) is 5.75. The van der Waals surface area contributed by atoms with Crippen LogP contribution in [0.25, 0.3) is 0 Å². The molecule has 2 N–H and O–H groups in total. The molecule has 1 aliphatic rings. The van der Waals surface area contributed by atoms with E-state index >= 15 is 0 Å². The standard InChI is InChI=1S/C27H27N3O3/c1-18-8-12-20(13-9-18)28-24(31)16-27(17-25(32)29-21-14-10-19(2)11-15-21)22-6-4-5-7-23(22)30(3)26(27)33/h4-15H,16-17H2,1-3H3,(H,28,31)(H,29,32). The summed E-state index contributed by atoms with van der Waals surface area (Å²) in [5.41, 5.74) is 3.59. The molecule has 0 radical (unpaired) electrons. The molecule has 1 heterocycles. The Bertz CT molecular complexity index is 1140. The number of likely N-dealkylation sites (N-methyl/N-ethyl adjacent to an activating group) is 1. The molecule has 3 aromatic carbocycles. The number of hydrogen-bond acceptors (Lipinski definition) is 3. The van der Waals surface area contributed by atoms with Gasteiger partial charge in [-0.25, -0.2) is 0 Å². The van der Waals surface area contributed by atoms with Gasteiger partial charge in [-0.15, -0.1) is 0 Å². The number of para-hydroxylation sites is 1. The second-order valence-electron chi connectivity index (χ2n) is 8.65. The van der Waals surface area contributed by atoms with Crippen LogP contribution in [0.1, 0.15) is 29.5 Å². The monoisotopic (exact) mass is 441 g/mol. The van der Waals surface area contributed by atoms with Crippen LogP contribution in [0.4, 0.5) is 17.1 Å². The molecule has 6 heteroatoms. The van der Waals surface area contributed by atoms with Crippen molar-refractivity contribution in [2.45, 2.75) is 32.1 Å². The zero-order valence-corrected chi connectivity index (χ0v) is 19.0. The number of carbonyl (C=O) groups excluding carboxylic acids is 3. The van der Waals surface area contributed by atoms with Crippen molar-refractivity contribution < 1.29 is 14.4 Å². The summed E-state index contributed by atoms with van der Waals surface area (Å²) in [7, 11) is 1.68. The van der Waals surface area contributed by atoms with Gasteiger partial charge in [0.25, 0.3) is 0 Å². The largest absolute Gasteiger partial charge is 0.326 e. The maximum Gasteiger partial charge on any atom is 0.238 e. The lowest BCUT2D eigenvalue weighted by Crippen LogP contribution is -2.44. The highest BCUT2D eigenvalue weighted by Gasteiger charge is 2.52. The molecule has 0 aliphatic carbocycles. The Kier molecular flexibility index (Phi) is 6.01. The minimum atomic E-state index is -1.28. The third-order valence-corrected chi connectivity index (χ3v) is 6.09. The van der Waals surface area contributed by atoms with E-state index in [0.29, 0.717) is 22.6 Å². The van der Waals surface area contributed by atoms with Crippen LogP contribution in [0.15, 0.2) is 72.8 Å². The fraction of sp³-hybridized carbons (Fsp3) is 0.222. The summed E-state index contributed by atoms with van der Waals surface area (Å²) in [6.45, 7) is 3.94. The Morgan fingerprint density at radius 1 is 0.758 bits per heavy atom. The van der Waals surface area contributed by atoms with Gasteiger partial charge in [0.1, 0.15) is 0 Å². The van der Waals surface area contributed by atoms with Crippen molar-refractivity contribution >= 4 is 34.8 Å². The fourth-order valence-electron chi connectivity index (χ4n) is 4.35. The molecule has 0 saturated carbocycles. The lowest BCUT2D eigenvalue weighted by Gasteiger charge is -2.27. The van der Waals surface area contributed by atoms with E-state index in [9.17, 15) is 14.4 Å². The van der Waals surface area contributed by atoms with Crippen molar-refractivity contribution in [1.82, 2.24) is 0 Å². The first-order chi connectivity index (χ1) is 15.8.